The molecule has 0 saturated carbocycles. The highest BCUT2D eigenvalue weighted by atomic mass is 16.5. The Morgan fingerprint density at radius 3 is 2.13 bits per heavy atom. The number of esters is 1. The Bertz CT molecular complexity index is 1770. The van der Waals surface area contributed by atoms with Crippen LogP contribution in [0.4, 0.5) is 5.69 Å². The summed E-state index contributed by atoms with van der Waals surface area (Å²) in [5.41, 5.74) is 3.54. The molecular formula is C25H22N8O5. The van der Waals surface area contributed by atoms with Crippen LogP contribution in [0, 0.1) is 0 Å². The summed E-state index contributed by atoms with van der Waals surface area (Å²) in [6.45, 7) is 0. The highest BCUT2D eigenvalue weighted by Crippen LogP contribution is 2.27. The number of carbonyl (C=O) groups is 2. The lowest BCUT2D eigenvalue weighted by Crippen LogP contribution is -2.13. The van der Waals surface area contributed by atoms with Gasteiger partial charge < -0.3 is 19.5 Å². The minimum atomic E-state index is -0.421. The first-order valence-corrected chi connectivity index (χ1v) is 11.2. The maximum Gasteiger partial charge on any atom is 0.341 e. The number of amides is 1. The van der Waals surface area contributed by atoms with E-state index in [0.717, 1.165) is 21.8 Å². The van der Waals surface area contributed by atoms with Gasteiger partial charge in [0.05, 0.1) is 56.5 Å². The molecule has 192 valence electrons. The average Bonchev–Trinajstić information content (AvgIpc) is 3.71. The normalized spacial score (nSPS) is 10.7. The number of aromatic nitrogens is 7. The smallest absolute Gasteiger partial charge is 0.341 e. The van der Waals surface area contributed by atoms with Crippen LogP contribution in [0.25, 0.3) is 27.5 Å². The van der Waals surface area contributed by atoms with Gasteiger partial charge in [0.15, 0.2) is 5.65 Å². The second kappa shape index (κ2) is 10.3. The second-order valence-electron chi connectivity index (χ2n) is 7.91. The van der Waals surface area contributed by atoms with Gasteiger partial charge in [-0.15, -0.1) is 0 Å². The third-order valence-corrected chi connectivity index (χ3v) is 5.70. The van der Waals surface area contributed by atoms with E-state index in [1.54, 1.807) is 65.8 Å². The number of fused-ring (bicyclic) bond motifs is 3. The number of nitrogens with one attached hydrogen (secondary N) is 3. The van der Waals surface area contributed by atoms with E-state index >= 15 is 0 Å². The molecule has 6 rings (SSSR count). The van der Waals surface area contributed by atoms with Crippen molar-refractivity contribution in [1.82, 2.24) is 35.0 Å². The van der Waals surface area contributed by atoms with E-state index in [1.807, 2.05) is 0 Å². The number of hydrogen-bond donors (Lipinski definition) is 3. The molecule has 0 aliphatic carbocycles. The predicted octanol–water partition coefficient (Wildman–Crippen LogP) is 3.22. The summed E-state index contributed by atoms with van der Waals surface area (Å²) < 4.78 is 16.6. The zero-order chi connectivity index (χ0) is 26.6. The van der Waals surface area contributed by atoms with E-state index < -0.39 is 5.97 Å². The zero-order valence-corrected chi connectivity index (χ0v) is 20.6. The summed E-state index contributed by atoms with van der Waals surface area (Å²) in [6, 6.07) is 8.64. The van der Waals surface area contributed by atoms with E-state index in [2.05, 4.69) is 40.5 Å². The fourth-order valence-corrected chi connectivity index (χ4v) is 3.83. The number of anilines is 1. The van der Waals surface area contributed by atoms with Crippen molar-refractivity contribution in [3.8, 4) is 11.5 Å². The van der Waals surface area contributed by atoms with Crippen molar-refractivity contribution < 1.29 is 23.8 Å². The molecule has 4 aromatic heterocycles. The van der Waals surface area contributed by atoms with E-state index in [0.29, 0.717) is 34.0 Å². The largest absolute Gasteiger partial charge is 0.496 e. The number of ether oxygens (including phenoxy) is 3. The second-order valence-corrected chi connectivity index (χ2v) is 7.91. The molecule has 38 heavy (non-hydrogen) atoms. The molecule has 0 spiro atoms. The van der Waals surface area contributed by atoms with Crippen molar-refractivity contribution in [2.75, 3.05) is 26.6 Å². The molecule has 0 fully saturated rings. The molecule has 6 aromatic rings. The van der Waals surface area contributed by atoms with Gasteiger partial charge in [0.25, 0.3) is 5.91 Å². The third kappa shape index (κ3) is 4.55. The number of aromatic amines is 2. The monoisotopic (exact) mass is 514 g/mol. The molecule has 0 unspecified atom stereocenters. The Hall–Kier alpha value is -5.46. The van der Waals surface area contributed by atoms with Gasteiger partial charge in [0.1, 0.15) is 22.7 Å². The lowest BCUT2D eigenvalue weighted by atomic mass is 10.1. The van der Waals surface area contributed by atoms with Gasteiger partial charge in [-0.2, -0.15) is 15.3 Å². The predicted molar refractivity (Wildman–Crippen MR) is 138 cm³/mol. The lowest BCUT2D eigenvalue weighted by Gasteiger charge is -2.08. The lowest BCUT2D eigenvalue weighted by molar-refractivity contribution is 0.0597. The summed E-state index contributed by atoms with van der Waals surface area (Å²) >= 11 is 0. The number of methoxy groups -OCH3 is 3. The topological polar surface area (TPSA) is 161 Å². The molecular weight excluding hydrogens is 492 g/mol. The van der Waals surface area contributed by atoms with Gasteiger partial charge in [-0.3, -0.25) is 15.0 Å². The first kappa shape index (κ1) is 24.2. The van der Waals surface area contributed by atoms with E-state index in [-0.39, 0.29) is 5.91 Å². The fourth-order valence-electron chi connectivity index (χ4n) is 3.83. The first-order chi connectivity index (χ1) is 18.5. The van der Waals surface area contributed by atoms with Crippen molar-refractivity contribution in [2.24, 2.45) is 0 Å². The minimum Gasteiger partial charge on any atom is -0.496 e. The van der Waals surface area contributed by atoms with Crippen LogP contribution < -0.4 is 14.8 Å². The summed E-state index contributed by atoms with van der Waals surface area (Å²) in [5.74, 6) is 0.211. The standard InChI is InChI=1S/C15H12N6O2.C10H10N2O3/c1-23-13-6-11-9(7-17-20-11)5-10(13)15(22)19-12-8-18-21-4-2-3-16-14(12)21;1-14-9-4-8-6(5-11-12-8)3-7(9)10(13)15-2/h2-8H,1H3,(H,17,20)(H,19,22);3-5H,1-2H3,(H,11,12). The molecule has 0 bridgehead atoms. The quantitative estimate of drug-likeness (QED) is 0.293. The Balaban J connectivity index is 0.000000170. The molecule has 3 N–H and O–H groups in total. The Kier molecular flexibility index (Phi) is 6.55. The van der Waals surface area contributed by atoms with Gasteiger partial charge in [-0.05, 0) is 18.2 Å². The van der Waals surface area contributed by atoms with Crippen LogP contribution in [-0.2, 0) is 4.74 Å². The average molecular weight is 515 g/mol. The van der Waals surface area contributed by atoms with Gasteiger partial charge in [-0.1, -0.05) is 0 Å². The van der Waals surface area contributed by atoms with Crippen molar-refractivity contribution in [1.29, 1.82) is 0 Å². The molecule has 0 aliphatic rings. The van der Waals surface area contributed by atoms with Gasteiger partial charge in [0.2, 0.25) is 0 Å². The number of H-pyrrole nitrogens is 2. The highest BCUT2D eigenvalue weighted by molar-refractivity contribution is 6.09. The fraction of sp³-hybridized carbons (Fsp3) is 0.120. The van der Waals surface area contributed by atoms with Crippen molar-refractivity contribution in [3.63, 3.8) is 0 Å². The van der Waals surface area contributed by atoms with Crippen LogP contribution in [0.1, 0.15) is 20.7 Å². The highest BCUT2D eigenvalue weighted by Gasteiger charge is 2.17. The van der Waals surface area contributed by atoms with Crippen LogP contribution in [0.3, 0.4) is 0 Å². The Labute approximate surface area is 214 Å². The third-order valence-electron chi connectivity index (χ3n) is 5.70. The molecule has 13 heteroatoms. The number of hydrogen-bond acceptors (Lipinski definition) is 9. The first-order valence-electron chi connectivity index (χ1n) is 11.2. The maximum absolute atomic E-state index is 12.6. The van der Waals surface area contributed by atoms with Crippen molar-refractivity contribution in [3.05, 3.63) is 72.4 Å². The van der Waals surface area contributed by atoms with Gasteiger partial charge >= 0.3 is 5.97 Å². The number of carbonyl (C=O) groups excluding carboxylic acids is 2. The van der Waals surface area contributed by atoms with Crippen molar-refractivity contribution in [2.45, 2.75) is 0 Å². The van der Waals surface area contributed by atoms with E-state index in [1.165, 1.54) is 21.3 Å². The van der Waals surface area contributed by atoms with Crippen LogP contribution in [0.15, 0.2) is 61.3 Å². The minimum absolute atomic E-state index is 0.300. The summed E-state index contributed by atoms with van der Waals surface area (Å²) in [4.78, 5) is 28.3. The van der Waals surface area contributed by atoms with Crippen LogP contribution in [-0.4, -0.2) is 68.2 Å². The zero-order valence-electron chi connectivity index (χ0n) is 20.6. The van der Waals surface area contributed by atoms with Crippen LogP contribution in [0.5, 0.6) is 11.5 Å². The molecule has 0 atom stereocenters. The Morgan fingerprint density at radius 2 is 1.50 bits per heavy atom. The molecule has 0 saturated heterocycles. The van der Waals surface area contributed by atoms with Gasteiger partial charge in [0, 0.05) is 35.3 Å². The summed E-state index contributed by atoms with van der Waals surface area (Å²) in [7, 11) is 4.36. The number of nitrogens with zero attached hydrogens (tertiary/aromatic N) is 5. The van der Waals surface area contributed by atoms with Crippen LogP contribution >= 0.6 is 0 Å². The molecule has 4 heterocycles. The molecule has 1 amide bonds. The van der Waals surface area contributed by atoms with Crippen LogP contribution in [0.2, 0.25) is 0 Å². The molecule has 2 aromatic carbocycles. The van der Waals surface area contributed by atoms with Gasteiger partial charge in [-0.25, -0.2) is 14.3 Å². The molecule has 0 aliphatic heterocycles. The van der Waals surface area contributed by atoms with Crippen molar-refractivity contribution >= 4 is 45.0 Å². The Morgan fingerprint density at radius 1 is 0.868 bits per heavy atom. The number of rotatable bonds is 5. The maximum atomic E-state index is 12.6. The SMILES string of the molecule is COC(=O)c1cc2cn[nH]c2cc1OC.COc1cc2[nH]ncc2cc1C(=O)Nc1cnn2cccnc12. The molecule has 13 nitrogen and oxygen atoms in total. The molecule has 0 radical (unpaired) electrons. The van der Waals surface area contributed by atoms with E-state index in [4.69, 9.17) is 9.47 Å². The summed E-state index contributed by atoms with van der Waals surface area (Å²) in [6.07, 6.45) is 8.26. The summed E-state index contributed by atoms with van der Waals surface area (Å²) in [5, 5.41) is 22.1. The van der Waals surface area contributed by atoms with E-state index in [9.17, 15) is 9.59 Å². The number of benzene rings is 2.